The van der Waals surface area contributed by atoms with E-state index in [1.807, 2.05) is 44.2 Å². The van der Waals surface area contributed by atoms with E-state index in [-0.39, 0.29) is 0 Å². The Morgan fingerprint density at radius 3 is 2.86 bits per heavy atom. The average Bonchev–Trinajstić information content (AvgIpc) is 3.21. The second-order valence-corrected chi connectivity index (χ2v) is 8.98. The standard InChI is InChI=1S/C21H30N4O2S/c1-3-22-21(25-17-11-8-12-18(13-17)28(26)4-2)24-15-20-23-14-19(27-20)16-9-6-5-7-10-16/h5-7,9-10,14,17-18H,3-4,8,11-13,15H2,1-2H3,(H2,22,24,25). The molecule has 152 valence electrons. The quantitative estimate of drug-likeness (QED) is 0.548. The van der Waals surface area contributed by atoms with E-state index < -0.39 is 10.8 Å². The number of guanidine groups is 1. The summed E-state index contributed by atoms with van der Waals surface area (Å²) in [5.74, 6) is 2.83. The molecule has 28 heavy (non-hydrogen) atoms. The van der Waals surface area contributed by atoms with Crippen molar-refractivity contribution < 1.29 is 8.63 Å². The lowest BCUT2D eigenvalue weighted by Crippen LogP contribution is -2.46. The molecule has 0 aliphatic heterocycles. The molecular formula is C21H30N4O2S. The Morgan fingerprint density at radius 1 is 1.29 bits per heavy atom. The van der Waals surface area contributed by atoms with E-state index in [9.17, 15) is 4.21 Å². The minimum atomic E-state index is -0.727. The summed E-state index contributed by atoms with van der Waals surface area (Å²) in [7, 11) is -0.727. The highest BCUT2D eigenvalue weighted by molar-refractivity contribution is 7.85. The van der Waals surface area contributed by atoms with Crippen molar-refractivity contribution in [3.05, 3.63) is 42.4 Å². The molecule has 0 spiro atoms. The fourth-order valence-electron chi connectivity index (χ4n) is 3.53. The van der Waals surface area contributed by atoms with Crippen LogP contribution in [0, 0.1) is 0 Å². The Morgan fingerprint density at radius 2 is 2.11 bits per heavy atom. The molecule has 1 aliphatic carbocycles. The van der Waals surface area contributed by atoms with Gasteiger partial charge in [0.1, 0.15) is 6.54 Å². The lowest BCUT2D eigenvalue weighted by atomic mass is 9.95. The van der Waals surface area contributed by atoms with Crippen molar-refractivity contribution in [2.24, 2.45) is 4.99 Å². The first kappa shape index (κ1) is 20.6. The van der Waals surface area contributed by atoms with E-state index in [1.165, 1.54) is 0 Å². The number of oxazole rings is 1. The summed E-state index contributed by atoms with van der Waals surface area (Å²) in [5.41, 5.74) is 1.01. The van der Waals surface area contributed by atoms with E-state index in [4.69, 9.17) is 4.42 Å². The molecule has 1 saturated carbocycles. The number of aromatic nitrogens is 1. The highest BCUT2D eigenvalue weighted by Gasteiger charge is 2.26. The molecule has 6 nitrogen and oxygen atoms in total. The van der Waals surface area contributed by atoms with Crippen LogP contribution in [0.15, 0.2) is 45.9 Å². The van der Waals surface area contributed by atoms with Crippen LogP contribution in [0.3, 0.4) is 0 Å². The minimum Gasteiger partial charge on any atom is -0.439 e. The van der Waals surface area contributed by atoms with Crippen molar-refractivity contribution in [3.8, 4) is 11.3 Å². The highest BCUT2D eigenvalue weighted by Crippen LogP contribution is 2.23. The molecule has 7 heteroatoms. The molecule has 2 aromatic rings. The smallest absolute Gasteiger partial charge is 0.216 e. The van der Waals surface area contributed by atoms with Gasteiger partial charge in [-0.3, -0.25) is 4.21 Å². The lowest BCUT2D eigenvalue weighted by molar-refractivity contribution is 0.413. The number of hydrogen-bond donors (Lipinski definition) is 2. The average molecular weight is 403 g/mol. The van der Waals surface area contributed by atoms with Crippen LogP contribution in [0.2, 0.25) is 0 Å². The van der Waals surface area contributed by atoms with E-state index in [0.717, 1.165) is 55.3 Å². The SMILES string of the molecule is CCNC(=NCc1ncc(-c2ccccc2)o1)NC1CCCC(S(=O)CC)C1. The Bertz CT molecular complexity index is 791. The first-order chi connectivity index (χ1) is 13.7. The van der Waals surface area contributed by atoms with E-state index >= 15 is 0 Å². The molecule has 0 saturated heterocycles. The molecule has 1 heterocycles. The molecule has 2 N–H and O–H groups in total. The number of benzene rings is 1. The van der Waals surface area contributed by atoms with Gasteiger partial charge in [-0.2, -0.15) is 0 Å². The van der Waals surface area contributed by atoms with Crippen LogP contribution in [-0.4, -0.2) is 38.7 Å². The molecule has 3 rings (SSSR count). The first-order valence-corrected chi connectivity index (χ1v) is 11.5. The van der Waals surface area contributed by atoms with Gasteiger partial charge >= 0.3 is 0 Å². The van der Waals surface area contributed by atoms with Gasteiger partial charge in [-0.25, -0.2) is 9.98 Å². The zero-order chi connectivity index (χ0) is 19.8. The van der Waals surface area contributed by atoms with Gasteiger partial charge in [-0.1, -0.05) is 43.7 Å². The number of rotatable bonds is 7. The van der Waals surface area contributed by atoms with Gasteiger partial charge in [0.2, 0.25) is 5.89 Å². The van der Waals surface area contributed by atoms with Crippen LogP contribution >= 0.6 is 0 Å². The fourth-order valence-corrected chi connectivity index (χ4v) is 4.88. The number of hydrogen-bond acceptors (Lipinski definition) is 4. The maximum absolute atomic E-state index is 12.2. The summed E-state index contributed by atoms with van der Waals surface area (Å²) in [6.07, 6.45) is 5.92. The second-order valence-electron chi connectivity index (χ2n) is 6.98. The zero-order valence-corrected chi connectivity index (χ0v) is 17.5. The number of aliphatic imine (C=N–C) groups is 1. The van der Waals surface area contributed by atoms with E-state index in [0.29, 0.717) is 23.7 Å². The molecule has 3 atom stereocenters. The van der Waals surface area contributed by atoms with E-state index in [1.54, 1.807) is 6.20 Å². The Balaban J connectivity index is 1.61. The van der Waals surface area contributed by atoms with Crippen LogP contribution in [0.25, 0.3) is 11.3 Å². The van der Waals surface area contributed by atoms with Crippen molar-refractivity contribution in [3.63, 3.8) is 0 Å². The maximum atomic E-state index is 12.2. The van der Waals surface area contributed by atoms with Crippen LogP contribution < -0.4 is 10.6 Å². The Labute approximate surface area is 169 Å². The Hall–Kier alpha value is -2.15. The van der Waals surface area contributed by atoms with Gasteiger partial charge in [-0.05, 0) is 26.2 Å². The van der Waals surface area contributed by atoms with Gasteiger partial charge in [0.25, 0.3) is 0 Å². The zero-order valence-electron chi connectivity index (χ0n) is 16.7. The van der Waals surface area contributed by atoms with Crippen molar-refractivity contribution in [1.29, 1.82) is 0 Å². The monoisotopic (exact) mass is 402 g/mol. The molecular weight excluding hydrogens is 372 g/mol. The summed E-state index contributed by atoms with van der Waals surface area (Å²) in [5, 5.41) is 7.09. The molecule has 1 aliphatic rings. The van der Waals surface area contributed by atoms with Crippen molar-refractivity contribution in [2.45, 2.75) is 57.4 Å². The number of nitrogens with one attached hydrogen (secondary N) is 2. The minimum absolute atomic E-state index is 0.291. The van der Waals surface area contributed by atoms with Gasteiger partial charge in [0.15, 0.2) is 11.7 Å². The number of nitrogens with zero attached hydrogens (tertiary/aromatic N) is 2. The topological polar surface area (TPSA) is 79.5 Å². The molecule has 0 amide bonds. The van der Waals surface area contributed by atoms with Crippen LogP contribution in [0.4, 0.5) is 0 Å². The molecule has 3 unspecified atom stereocenters. The van der Waals surface area contributed by atoms with Crippen molar-refractivity contribution >= 4 is 16.8 Å². The summed E-state index contributed by atoms with van der Waals surface area (Å²) in [6.45, 7) is 5.20. The molecule has 0 radical (unpaired) electrons. The lowest BCUT2D eigenvalue weighted by Gasteiger charge is -2.30. The molecule has 1 fully saturated rings. The normalized spacial score (nSPS) is 21.3. The van der Waals surface area contributed by atoms with Crippen molar-refractivity contribution in [1.82, 2.24) is 15.6 Å². The summed E-state index contributed by atoms with van der Waals surface area (Å²) >= 11 is 0. The summed E-state index contributed by atoms with van der Waals surface area (Å²) < 4.78 is 18.0. The third-order valence-electron chi connectivity index (χ3n) is 4.95. The van der Waals surface area contributed by atoms with E-state index in [2.05, 4.69) is 20.6 Å². The van der Waals surface area contributed by atoms with Gasteiger partial charge < -0.3 is 15.1 Å². The summed E-state index contributed by atoms with van der Waals surface area (Å²) in [4.78, 5) is 8.99. The predicted octanol–water partition coefficient (Wildman–Crippen LogP) is 3.48. The van der Waals surface area contributed by atoms with Gasteiger partial charge in [0.05, 0.1) is 6.20 Å². The summed E-state index contributed by atoms with van der Waals surface area (Å²) in [6, 6.07) is 10.2. The predicted molar refractivity (Wildman–Crippen MR) is 115 cm³/mol. The third kappa shape index (κ3) is 5.67. The Kier molecular flexibility index (Phi) is 7.65. The van der Waals surface area contributed by atoms with Crippen LogP contribution in [0.5, 0.6) is 0 Å². The maximum Gasteiger partial charge on any atom is 0.216 e. The van der Waals surface area contributed by atoms with Gasteiger partial charge in [0, 0.05) is 40.0 Å². The first-order valence-electron chi connectivity index (χ1n) is 10.1. The van der Waals surface area contributed by atoms with Crippen LogP contribution in [-0.2, 0) is 17.3 Å². The molecule has 0 bridgehead atoms. The third-order valence-corrected chi connectivity index (χ3v) is 6.69. The highest BCUT2D eigenvalue weighted by atomic mass is 32.2. The molecule has 1 aromatic carbocycles. The van der Waals surface area contributed by atoms with Crippen LogP contribution in [0.1, 0.15) is 45.4 Å². The fraction of sp³-hybridized carbons (Fsp3) is 0.524. The molecule has 1 aromatic heterocycles. The van der Waals surface area contributed by atoms with Gasteiger partial charge in [-0.15, -0.1) is 0 Å². The van der Waals surface area contributed by atoms with Crippen molar-refractivity contribution in [2.75, 3.05) is 12.3 Å². The largest absolute Gasteiger partial charge is 0.439 e. The second kappa shape index (κ2) is 10.4.